The van der Waals surface area contributed by atoms with Crippen molar-refractivity contribution in [3.8, 4) is 0 Å². The third-order valence-electron chi connectivity index (χ3n) is 3.07. The van der Waals surface area contributed by atoms with Gasteiger partial charge in [-0.05, 0) is 17.5 Å². The van der Waals surface area contributed by atoms with Gasteiger partial charge < -0.3 is 10.6 Å². The van der Waals surface area contributed by atoms with Crippen LogP contribution in [0, 0.1) is 0 Å². The van der Waals surface area contributed by atoms with E-state index in [0.29, 0.717) is 5.50 Å². The van der Waals surface area contributed by atoms with Crippen molar-refractivity contribution in [2.24, 2.45) is 0 Å². The van der Waals surface area contributed by atoms with E-state index < -0.39 is 0 Å². The first kappa shape index (κ1) is 11.1. The quantitative estimate of drug-likeness (QED) is 0.814. The van der Waals surface area contributed by atoms with E-state index in [1.807, 2.05) is 36.3 Å². The molecule has 3 heterocycles. The van der Waals surface area contributed by atoms with E-state index in [2.05, 4.69) is 25.9 Å². The van der Waals surface area contributed by atoms with Gasteiger partial charge in [0.2, 0.25) is 0 Å². The average Bonchev–Trinajstić information content (AvgIpc) is 2.90. The van der Waals surface area contributed by atoms with E-state index in [-0.39, 0.29) is 0 Å². The molecule has 0 aliphatic carbocycles. The van der Waals surface area contributed by atoms with Crippen LogP contribution in [0.2, 0.25) is 0 Å². The average molecular weight is 248 g/mol. The van der Waals surface area contributed by atoms with Gasteiger partial charge in [0.05, 0.1) is 0 Å². The summed E-state index contributed by atoms with van der Waals surface area (Å²) < 4.78 is 0. The summed E-state index contributed by atoms with van der Waals surface area (Å²) in [6.07, 6.45) is 3.67. The minimum atomic E-state index is 0.389. The van der Waals surface area contributed by atoms with Crippen LogP contribution in [0.5, 0.6) is 0 Å². The fourth-order valence-corrected chi connectivity index (χ4v) is 3.16. The Labute approximate surface area is 105 Å². The highest BCUT2D eigenvalue weighted by molar-refractivity contribution is 8.03. The second-order valence-corrected chi connectivity index (χ2v) is 5.14. The predicted octanol–water partition coefficient (Wildman–Crippen LogP) is 0.905. The van der Waals surface area contributed by atoms with Crippen LogP contribution >= 0.6 is 11.8 Å². The molecular weight excluding hydrogens is 232 g/mol. The van der Waals surface area contributed by atoms with Gasteiger partial charge in [-0.1, -0.05) is 11.8 Å². The number of thioether (sulfide) groups is 1. The Hall–Kier alpha value is -1.04. The van der Waals surface area contributed by atoms with Crippen molar-refractivity contribution in [1.29, 1.82) is 0 Å². The Morgan fingerprint density at radius 1 is 1.24 bits per heavy atom. The van der Waals surface area contributed by atoms with Crippen LogP contribution in [0.1, 0.15) is 5.56 Å². The SMILES string of the molecule is C1=C(c2ccncc2)NC(N2CCNCC2)S1. The summed E-state index contributed by atoms with van der Waals surface area (Å²) in [5, 5.41) is 9.16. The van der Waals surface area contributed by atoms with Crippen LogP contribution in [-0.2, 0) is 0 Å². The molecule has 0 radical (unpaired) electrons. The van der Waals surface area contributed by atoms with Crippen molar-refractivity contribution in [3.05, 3.63) is 35.5 Å². The molecule has 17 heavy (non-hydrogen) atoms. The smallest absolute Gasteiger partial charge is 0.132 e. The molecule has 0 amide bonds. The molecule has 4 nitrogen and oxygen atoms in total. The zero-order chi connectivity index (χ0) is 11.5. The molecule has 90 valence electrons. The number of aromatic nitrogens is 1. The minimum Gasteiger partial charge on any atom is -0.360 e. The largest absolute Gasteiger partial charge is 0.360 e. The van der Waals surface area contributed by atoms with E-state index in [9.17, 15) is 0 Å². The van der Waals surface area contributed by atoms with Gasteiger partial charge in [-0.15, -0.1) is 0 Å². The predicted molar refractivity (Wildman–Crippen MR) is 71.2 cm³/mol. The number of pyridine rings is 1. The number of nitrogens with one attached hydrogen (secondary N) is 2. The Kier molecular flexibility index (Phi) is 3.31. The molecule has 2 aliphatic rings. The van der Waals surface area contributed by atoms with Gasteiger partial charge in [0.1, 0.15) is 5.50 Å². The number of hydrogen-bond donors (Lipinski definition) is 2. The van der Waals surface area contributed by atoms with E-state index in [4.69, 9.17) is 0 Å². The Bertz CT molecular complexity index is 400. The molecule has 1 aromatic rings. The normalized spacial score (nSPS) is 25.4. The van der Waals surface area contributed by atoms with E-state index >= 15 is 0 Å². The summed E-state index contributed by atoms with van der Waals surface area (Å²) in [4.78, 5) is 6.52. The van der Waals surface area contributed by atoms with Crippen molar-refractivity contribution >= 4 is 17.5 Å². The summed E-state index contributed by atoms with van der Waals surface area (Å²) in [7, 11) is 0. The lowest BCUT2D eigenvalue weighted by Gasteiger charge is -2.32. The van der Waals surface area contributed by atoms with Crippen molar-refractivity contribution in [1.82, 2.24) is 20.5 Å². The highest BCUT2D eigenvalue weighted by Crippen LogP contribution is 2.28. The summed E-state index contributed by atoms with van der Waals surface area (Å²) in [5.74, 6) is 0. The number of nitrogens with zero attached hydrogens (tertiary/aromatic N) is 2. The number of piperazine rings is 1. The molecule has 2 aliphatic heterocycles. The molecular formula is C12H16N4S. The van der Waals surface area contributed by atoms with Gasteiger partial charge in [0, 0.05) is 49.8 Å². The topological polar surface area (TPSA) is 40.2 Å². The molecule has 0 aromatic carbocycles. The van der Waals surface area contributed by atoms with Gasteiger partial charge in [-0.25, -0.2) is 0 Å². The van der Waals surface area contributed by atoms with Crippen LogP contribution in [0.3, 0.4) is 0 Å². The maximum Gasteiger partial charge on any atom is 0.132 e. The zero-order valence-corrected chi connectivity index (χ0v) is 10.4. The Balaban J connectivity index is 1.64. The molecule has 1 atom stereocenters. The number of rotatable bonds is 2. The third kappa shape index (κ3) is 2.46. The molecule has 2 N–H and O–H groups in total. The molecule has 3 rings (SSSR count). The molecule has 1 fully saturated rings. The molecule has 5 heteroatoms. The van der Waals surface area contributed by atoms with Crippen molar-refractivity contribution in [2.75, 3.05) is 26.2 Å². The van der Waals surface area contributed by atoms with Crippen LogP contribution < -0.4 is 10.6 Å². The monoisotopic (exact) mass is 248 g/mol. The second-order valence-electron chi connectivity index (χ2n) is 4.19. The highest BCUT2D eigenvalue weighted by atomic mass is 32.2. The fraction of sp³-hybridized carbons (Fsp3) is 0.417. The molecule has 0 spiro atoms. The lowest BCUT2D eigenvalue weighted by atomic mass is 10.2. The maximum absolute atomic E-state index is 4.05. The molecule has 1 unspecified atom stereocenters. The Morgan fingerprint density at radius 2 is 2.00 bits per heavy atom. The lowest BCUT2D eigenvalue weighted by Crippen LogP contribution is -2.50. The van der Waals surface area contributed by atoms with Crippen LogP contribution in [0.15, 0.2) is 29.9 Å². The maximum atomic E-state index is 4.05. The first-order valence-electron chi connectivity index (χ1n) is 5.91. The summed E-state index contributed by atoms with van der Waals surface area (Å²) in [6.45, 7) is 4.40. The minimum absolute atomic E-state index is 0.389. The van der Waals surface area contributed by atoms with Gasteiger partial charge in [0.15, 0.2) is 0 Å². The lowest BCUT2D eigenvalue weighted by molar-refractivity contribution is 0.216. The standard InChI is InChI=1S/C12H16N4S/c1-3-13-4-2-10(1)11-9-17-12(15-11)16-7-5-14-6-8-16/h1-4,9,12,14-15H,5-8H2. The summed E-state index contributed by atoms with van der Waals surface area (Å²) in [5.41, 5.74) is 2.81. The first-order valence-corrected chi connectivity index (χ1v) is 6.85. The molecule has 0 saturated carbocycles. The van der Waals surface area contributed by atoms with Gasteiger partial charge in [0.25, 0.3) is 0 Å². The first-order chi connectivity index (χ1) is 8.43. The second kappa shape index (κ2) is 5.08. The van der Waals surface area contributed by atoms with Gasteiger partial charge in [-0.3, -0.25) is 9.88 Å². The molecule has 1 aromatic heterocycles. The van der Waals surface area contributed by atoms with Crippen LogP contribution in [-0.4, -0.2) is 41.6 Å². The summed E-state index contributed by atoms with van der Waals surface area (Å²) in [6, 6.07) is 4.08. The molecule has 0 bridgehead atoms. The van der Waals surface area contributed by atoms with Crippen molar-refractivity contribution in [3.63, 3.8) is 0 Å². The van der Waals surface area contributed by atoms with E-state index in [1.54, 1.807) is 0 Å². The zero-order valence-electron chi connectivity index (χ0n) is 9.60. The van der Waals surface area contributed by atoms with Crippen molar-refractivity contribution < 1.29 is 0 Å². The van der Waals surface area contributed by atoms with Crippen molar-refractivity contribution in [2.45, 2.75) is 5.50 Å². The molecule has 1 saturated heterocycles. The van der Waals surface area contributed by atoms with E-state index in [1.165, 1.54) is 11.3 Å². The summed E-state index contributed by atoms with van der Waals surface area (Å²) >= 11 is 1.86. The van der Waals surface area contributed by atoms with E-state index in [0.717, 1.165) is 26.2 Å². The number of hydrogen-bond acceptors (Lipinski definition) is 5. The van der Waals surface area contributed by atoms with Crippen LogP contribution in [0.25, 0.3) is 5.70 Å². The fourth-order valence-electron chi connectivity index (χ4n) is 2.11. The van der Waals surface area contributed by atoms with Gasteiger partial charge >= 0.3 is 0 Å². The van der Waals surface area contributed by atoms with Gasteiger partial charge in [-0.2, -0.15) is 0 Å². The van der Waals surface area contributed by atoms with Crippen LogP contribution in [0.4, 0.5) is 0 Å². The third-order valence-corrected chi connectivity index (χ3v) is 4.11. The highest BCUT2D eigenvalue weighted by Gasteiger charge is 2.24. The Morgan fingerprint density at radius 3 is 2.76 bits per heavy atom.